The van der Waals surface area contributed by atoms with E-state index in [0.717, 1.165) is 24.6 Å². The molecule has 5 rings (SSSR count). The Labute approximate surface area is 250 Å². The van der Waals surface area contributed by atoms with Crippen LogP contribution in [0.3, 0.4) is 0 Å². The number of imidazole rings is 1. The zero-order chi connectivity index (χ0) is 30.9. The van der Waals surface area contributed by atoms with Crippen molar-refractivity contribution in [1.82, 2.24) is 24.4 Å². The fourth-order valence-electron chi connectivity index (χ4n) is 5.31. The Morgan fingerprint density at radius 2 is 1.77 bits per heavy atom. The molecule has 4 aromatic rings. The van der Waals surface area contributed by atoms with E-state index in [1.807, 2.05) is 24.3 Å². The van der Waals surface area contributed by atoms with Gasteiger partial charge in [-0.3, -0.25) is 23.7 Å². The molecule has 0 radical (unpaired) electrons. The van der Waals surface area contributed by atoms with Gasteiger partial charge in [0, 0.05) is 18.8 Å². The van der Waals surface area contributed by atoms with Crippen molar-refractivity contribution in [2.75, 3.05) is 5.32 Å². The van der Waals surface area contributed by atoms with Gasteiger partial charge in [-0.15, -0.1) is 0 Å². The summed E-state index contributed by atoms with van der Waals surface area (Å²) in [6.07, 6.45) is 2.39. The van der Waals surface area contributed by atoms with Gasteiger partial charge in [0.1, 0.15) is 17.1 Å². The summed E-state index contributed by atoms with van der Waals surface area (Å²) in [5.74, 6) is -0.830. The quantitative estimate of drug-likeness (QED) is 0.260. The number of carbonyl (C=O) groups excluding carboxylic acids is 2. The Morgan fingerprint density at radius 3 is 2.40 bits per heavy atom. The highest BCUT2D eigenvalue weighted by Gasteiger charge is 2.28. The van der Waals surface area contributed by atoms with Crippen molar-refractivity contribution in [2.24, 2.45) is 5.92 Å². The van der Waals surface area contributed by atoms with E-state index in [4.69, 9.17) is 11.6 Å². The van der Waals surface area contributed by atoms with Gasteiger partial charge in [-0.1, -0.05) is 23.7 Å². The lowest BCUT2D eigenvalue weighted by Crippen LogP contribution is -2.39. The molecule has 2 amide bonds. The zero-order valence-electron chi connectivity index (χ0n) is 23.6. The third kappa shape index (κ3) is 6.60. The molecule has 1 fully saturated rings. The molecule has 0 unspecified atom stereocenters. The molecule has 0 saturated heterocycles. The largest absolute Gasteiger partial charge is 0.381 e. The number of benzene rings is 1. The molecular weight excluding hydrogens is 582 g/mol. The number of alkyl halides is 2. The summed E-state index contributed by atoms with van der Waals surface area (Å²) in [4.78, 5) is 46.4. The second-order valence-corrected chi connectivity index (χ2v) is 11.6. The SMILES string of the molecule is CC(C)(O)C(=O)Nc1ccc(-n2c(=O)n(CC3CCC(NC(=O)c4cc(Cl)cnc4C(F)F)CC3)c3ccccc32)cn1. The van der Waals surface area contributed by atoms with Crippen molar-refractivity contribution in [3.8, 4) is 5.69 Å². The summed E-state index contributed by atoms with van der Waals surface area (Å²) in [6, 6.07) is 11.7. The molecule has 1 aromatic carbocycles. The molecule has 3 N–H and O–H groups in total. The van der Waals surface area contributed by atoms with Crippen molar-refractivity contribution in [3.05, 3.63) is 81.6 Å². The average Bonchev–Trinajstić information content (AvgIpc) is 3.24. The molecule has 0 atom stereocenters. The Morgan fingerprint density at radius 1 is 1.07 bits per heavy atom. The van der Waals surface area contributed by atoms with Gasteiger partial charge in [0.2, 0.25) is 0 Å². The highest BCUT2D eigenvalue weighted by atomic mass is 35.5. The lowest BCUT2D eigenvalue weighted by atomic mass is 9.85. The molecule has 226 valence electrons. The second-order valence-electron chi connectivity index (χ2n) is 11.2. The van der Waals surface area contributed by atoms with Crippen LogP contribution in [0.4, 0.5) is 14.6 Å². The molecule has 43 heavy (non-hydrogen) atoms. The van der Waals surface area contributed by atoms with E-state index in [9.17, 15) is 28.3 Å². The minimum Gasteiger partial charge on any atom is -0.381 e. The molecule has 0 spiro atoms. The summed E-state index contributed by atoms with van der Waals surface area (Å²) in [7, 11) is 0. The number of rotatable bonds is 8. The predicted molar refractivity (Wildman–Crippen MR) is 158 cm³/mol. The number of pyridine rings is 2. The van der Waals surface area contributed by atoms with Gasteiger partial charge in [-0.25, -0.2) is 18.6 Å². The third-order valence-corrected chi connectivity index (χ3v) is 7.80. The van der Waals surface area contributed by atoms with E-state index < -0.39 is 29.5 Å². The van der Waals surface area contributed by atoms with Crippen LogP contribution in [0.1, 0.15) is 62.0 Å². The van der Waals surface area contributed by atoms with E-state index in [-0.39, 0.29) is 34.1 Å². The van der Waals surface area contributed by atoms with Crippen molar-refractivity contribution in [3.63, 3.8) is 0 Å². The number of nitrogens with one attached hydrogen (secondary N) is 2. The second kappa shape index (κ2) is 12.2. The van der Waals surface area contributed by atoms with Gasteiger partial charge in [-0.05, 0) is 75.8 Å². The summed E-state index contributed by atoms with van der Waals surface area (Å²) >= 11 is 5.90. The van der Waals surface area contributed by atoms with Gasteiger partial charge < -0.3 is 15.7 Å². The summed E-state index contributed by atoms with van der Waals surface area (Å²) in [5.41, 5.74) is -0.656. The normalized spacial score (nSPS) is 17.3. The number of fused-ring (bicyclic) bond motifs is 1. The van der Waals surface area contributed by atoms with Gasteiger partial charge in [0.25, 0.3) is 18.2 Å². The lowest BCUT2D eigenvalue weighted by Gasteiger charge is -2.29. The van der Waals surface area contributed by atoms with Gasteiger partial charge in [0.15, 0.2) is 0 Å². The molecule has 1 saturated carbocycles. The first-order valence-electron chi connectivity index (χ1n) is 13.9. The van der Waals surface area contributed by atoms with Crippen LogP contribution in [0, 0.1) is 5.92 Å². The van der Waals surface area contributed by atoms with Crippen molar-refractivity contribution in [2.45, 2.75) is 64.1 Å². The minimum atomic E-state index is -2.90. The number of nitrogens with zero attached hydrogens (tertiary/aromatic N) is 4. The van der Waals surface area contributed by atoms with Crippen molar-refractivity contribution < 1.29 is 23.5 Å². The molecule has 10 nitrogen and oxygen atoms in total. The standard InChI is InChI=1S/C30H31ClF2N6O4/c1-30(2,43)28(41)37-24-12-11-20(15-34-24)39-23-6-4-3-5-22(23)38(29(39)42)16-17-7-9-19(10-8-17)36-27(40)21-13-18(31)14-35-25(21)26(32)33/h3-6,11-15,17,19,26,43H,7-10,16H2,1-2H3,(H,36,40)(H,34,37,41). The molecule has 1 aliphatic rings. The van der Waals surface area contributed by atoms with E-state index >= 15 is 0 Å². The number of hydrogen-bond donors (Lipinski definition) is 3. The van der Waals surface area contributed by atoms with Crippen molar-refractivity contribution >= 4 is 40.3 Å². The maximum atomic E-state index is 13.7. The van der Waals surface area contributed by atoms with Crippen LogP contribution in [0.15, 0.2) is 59.7 Å². The molecular formula is C30H31ClF2N6O4. The van der Waals surface area contributed by atoms with E-state index in [2.05, 4.69) is 20.6 Å². The molecule has 1 aliphatic carbocycles. The minimum absolute atomic E-state index is 0.104. The lowest BCUT2D eigenvalue weighted by molar-refractivity contribution is -0.130. The van der Waals surface area contributed by atoms with Crippen LogP contribution in [-0.4, -0.2) is 47.7 Å². The Bertz CT molecular complexity index is 1710. The number of carbonyl (C=O) groups is 2. The summed E-state index contributed by atoms with van der Waals surface area (Å²) in [6.45, 7) is 3.21. The topological polar surface area (TPSA) is 131 Å². The Balaban J connectivity index is 1.29. The van der Waals surface area contributed by atoms with Gasteiger partial charge >= 0.3 is 5.69 Å². The third-order valence-electron chi connectivity index (χ3n) is 7.60. The zero-order valence-corrected chi connectivity index (χ0v) is 24.3. The van der Waals surface area contributed by atoms with Crippen LogP contribution in [0.5, 0.6) is 0 Å². The monoisotopic (exact) mass is 612 g/mol. The van der Waals surface area contributed by atoms with Gasteiger partial charge in [-0.2, -0.15) is 0 Å². The Hall–Kier alpha value is -4.16. The number of anilines is 1. The summed E-state index contributed by atoms with van der Waals surface area (Å²) < 4.78 is 30.0. The smallest absolute Gasteiger partial charge is 0.333 e. The number of halogens is 3. The fraction of sp³-hybridized carbons (Fsp3) is 0.367. The van der Waals surface area contributed by atoms with Crippen LogP contribution in [-0.2, 0) is 11.3 Å². The molecule has 3 heterocycles. The highest BCUT2D eigenvalue weighted by molar-refractivity contribution is 6.30. The van der Waals surface area contributed by atoms with Crippen LogP contribution in [0.25, 0.3) is 16.7 Å². The predicted octanol–water partition coefficient (Wildman–Crippen LogP) is 4.87. The van der Waals surface area contributed by atoms with Gasteiger partial charge in [0.05, 0.1) is 33.5 Å². The summed E-state index contributed by atoms with van der Waals surface area (Å²) in [5, 5.41) is 15.4. The number of para-hydroxylation sites is 2. The van der Waals surface area contributed by atoms with E-state index in [0.29, 0.717) is 30.6 Å². The number of aliphatic hydroxyl groups is 1. The maximum Gasteiger partial charge on any atom is 0.333 e. The van der Waals surface area contributed by atoms with E-state index in [1.165, 1.54) is 26.1 Å². The maximum absolute atomic E-state index is 13.7. The first kappa shape index (κ1) is 30.3. The Kier molecular flexibility index (Phi) is 8.61. The van der Waals surface area contributed by atoms with E-state index in [1.54, 1.807) is 21.3 Å². The van der Waals surface area contributed by atoms with Crippen LogP contribution < -0.4 is 16.3 Å². The van der Waals surface area contributed by atoms with Crippen LogP contribution >= 0.6 is 11.6 Å². The average molecular weight is 613 g/mol. The van der Waals surface area contributed by atoms with Crippen LogP contribution in [0.2, 0.25) is 5.02 Å². The first-order chi connectivity index (χ1) is 20.4. The number of aromatic nitrogens is 4. The highest BCUT2D eigenvalue weighted by Crippen LogP contribution is 2.29. The first-order valence-corrected chi connectivity index (χ1v) is 14.2. The fourth-order valence-corrected chi connectivity index (χ4v) is 5.47. The number of hydrogen-bond acceptors (Lipinski definition) is 6. The molecule has 3 aromatic heterocycles. The molecule has 0 aliphatic heterocycles. The molecule has 0 bridgehead atoms. The van der Waals surface area contributed by atoms with Crippen molar-refractivity contribution in [1.29, 1.82) is 0 Å². The number of amides is 2. The molecule has 13 heteroatoms.